The van der Waals surface area contributed by atoms with Crippen LogP contribution in [0.3, 0.4) is 0 Å². The van der Waals surface area contributed by atoms with Crippen molar-refractivity contribution in [2.75, 3.05) is 44.1 Å². The summed E-state index contributed by atoms with van der Waals surface area (Å²) < 4.78 is 30.9. The molecule has 1 aromatic carbocycles. The molecule has 0 fully saturated rings. The maximum absolute atomic E-state index is 13.0. The standard InChI is InChI=1S/C16H25F2N3.C4H10O/c1-6-12(2)10-21(5)15-8-7-13(19-4)9-14(15)20-11-16(3,17)18;1-3-5-4-2/h7-9,11-12,19H,6,10H2,1-5H3;3-4H2,1-2H3. The van der Waals surface area contributed by atoms with Gasteiger partial charge in [0.05, 0.1) is 17.6 Å². The second-order valence-corrected chi connectivity index (χ2v) is 6.34. The van der Waals surface area contributed by atoms with Crippen LogP contribution in [0.5, 0.6) is 0 Å². The number of alkyl halides is 2. The molecule has 0 saturated heterocycles. The zero-order valence-corrected chi connectivity index (χ0v) is 17.3. The number of nitrogens with zero attached hydrogens (tertiary/aromatic N) is 2. The maximum Gasteiger partial charge on any atom is 0.280 e. The van der Waals surface area contributed by atoms with E-state index < -0.39 is 5.92 Å². The molecule has 6 heteroatoms. The first kappa shape index (κ1) is 24.3. The van der Waals surface area contributed by atoms with Crippen LogP contribution in [0.1, 0.15) is 41.0 Å². The summed E-state index contributed by atoms with van der Waals surface area (Å²) in [7, 11) is 3.75. The second-order valence-electron chi connectivity index (χ2n) is 6.34. The molecule has 26 heavy (non-hydrogen) atoms. The minimum atomic E-state index is -2.91. The van der Waals surface area contributed by atoms with Gasteiger partial charge in [0.2, 0.25) is 0 Å². The number of nitrogens with one attached hydrogen (secondary N) is 1. The zero-order valence-electron chi connectivity index (χ0n) is 17.3. The van der Waals surface area contributed by atoms with Gasteiger partial charge in [-0.2, -0.15) is 0 Å². The molecule has 1 atom stereocenters. The van der Waals surface area contributed by atoms with Crippen LogP contribution in [0.2, 0.25) is 0 Å². The minimum absolute atomic E-state index is 0.531. The van der Waals surface area contributed by atoms with Crippen molar-refractivity contribution in [3.05, 3.63) is 18.2 Å². The molecule has 4 nitrogen and oxygen atoms in total. The topological polar surface area (TPSA) is 36.9 Å². The van der Waals surface area contributed by atoms with Gasteiger partial charge in [0.15, 0.2) is 0 Å². The molecule has 0 amide bonds. The molecule has 1 unspecified atom stereocenters. The van der Waals surface area contributed by atoms with E-state index >= 15 is 0 Å². The highest BCUT2D eigenvalue weighted by atomic mass is 19.3. The van der Waals surface area contributed by atoms with E-state index in [1.54, 1.807) is 13.1 Å². The highest BCUT2D eigenvalue weighted by Crippen LogP contribution is 2.32. The summed E-state index contributed by atoms with van der Waals surface area (Å²) in [6.07, 6.45) is 1.77. The Bertz CT molecular complexity index is 528. The number of aliphatic imine (C=N–C) groups is 1. The fraction of sp³-hybridized carbons (Fsp3) is 0.650. The van der Waals surface area contributed by atoms with Gasteiger partial charge in [-0.25, -0.2) is 8.78 Å². The van der Waals surface area contributed by atoms with Gasteiger partial charge in [-0.15, -0.1) is 0 Å². The Hall–Kier alpha value is -1.69. The number of rotatable bonds is 9. The third kappa shape index (κ3) is 10.3. The van der Waals surface area contributed by atoms with Crippen LogP contribution in [0.4, 0.5) is 25.8 Å². The number of benzene rings is 1. The fourth-order valence-corrected chi connectivity index (χ4v) is 2.19. The Labute approximate surface area is 157 Å². The number of ether oxygens (including phenoxy) is 1. The number of anilines is 2. The van der Waals surface area contributed by atoms with Crippen LogP contribution in [0.25, 0.3) is 0 Å². The summed E-state index contributed by atoms with van der Waals surface area (Å²) >= 11 is 0. The Kier molecular flexibility index (Phi) is 11.8. The van der Waals surface area contributed by atoms with Gasteiger partial charge >= 0.3 is 0 Å². The average molecular weight is 372 g/mol. The van der Waals surface area contributed by atoms with Crippen molar-refractivity contribution in [1.82, 2.24) is 0 Å². The molecule has 1 N–H and O–H groups in total. The summed E-state index contributed by atoms with van der Waals surface area (Å²) in [5.74, 6) is -2.38. The SMILES string of the molecule is CCC(C)CN(C)c1ccc(NC)cc1N=CC(C)(F)F.CCOCC. The first-order valence-corrected chi connectivity index (χ1v) is 9.22. The van der Waals surface area contributed by atoms with Crippen molar-refractivity contribution in [3.8, 4) is 0 Å². The van der Waals surface area contributed by atoms with Crippen molar-refractivity contribution in [3.63, 3.8) is 0 Å². The molecular formula is C20H35F2N3O. The lowest BCUT2D eigenvalue weighted by molar-refractivity contribution is 0.106. The van der Waals surface area contributed by atoms with Gasteiger partial charge in [-0.05, 0) is 38.0 Å². The molecule has 1 aromatic rings. The van der Waals surface area contributed by atoms with E-state index in [0.29, 0.717) is 17.8 Å². The van der Waals surface area contributed by atoms with Gasteiger partial charge in [-0.3, -0.25) is 4.99 Å². The van der Waals surface area contributed by atoms with Gasteiger partial charge in [0.25, 0.3) is 5.92 Å². The van der Waals surface area contributed by atoms with E-state index in [-0.39, 0.29) is 0 Å². The predicted molar refractivity (Wildman–Crippen MR) is 110 cm³/mol. The molecule has 150 valence electrons. The third-order valence-electron chi connectivity index (χ3n) is 3.80. The first-order chi connectivity index (χ1) is 12.2. The molecule has 0 aliphatic carbocycles. The Morgan fingerprint density at radius 3 is 2.31 bits per heavy atom. The highest BCUT2D eigenvalue weighted by Gasteiger charge is 2.18. The van der Waals surface area contributed by atoms with Gasteiger partial charge in [0, 0.05) is 46.5 Å². The van der Waals surface area contributed by atoms with Crippen LogP contribution < -0.4 is 10.2 Å². The van der Waals surface area contributed by atoms with E-state index in [2.05, 4.69) is 29.1 Å². The number of hydrogen-bond acceptors (Lipinski definition) is 4. The molecule has 0 aliphatic heterocycles. The van der Waals surface area contributed by atoms with Gasteiger partial charge in [-0.1, -0.05) is 20.3 Å². The van der Waals surface area contributed by atoms with Crippen LogP contribution >= 0.6 is 0 Å². The molecule has 0 radical (unpaired) electrons. The van der Waals surface area contributed by atoms with E-state index in [4.69, 9.17) is 4.74 Å². The van der Waals surface area contributed by atoms with Crippen LogP contribution in [0.15, 0.2) is 23.2 Å². The van der Waals surface area contributed by atoms with Gasteiger partial charge < -0.3 is 15.0 Å². The van der Waals surface area contributed by atoms with Crippen LogP contribution in [0, 0.1) is 5.92 Å². The maximum atomic E-state index is 13.0. The molecule has 0 aromatic heterocycles. The van der Waals surface area contributed by atoms with Crippen molar-refractivity contribution < 1.29 is 13.5 Å². The van der Waals surface area contributed by atoms with Crippen molar-refractivity contribution in [2.24, 2.45) is 10.9 Å². The minimum Gasteiger partial charge on any atom is -0.388 e. The Balaban J connectivity index is 0.00000110. The summed E-state index contributed by atoms with van der Waals surface area (Å²) in [6.45, 7) is 11.7. The van der Waals surface area contributed by atoms with Crippen molar-refractivity contribution in [1.29, 1.82) is 0 Å². The largest absolute Gasteiger partial charge is 0.388 e. The number of hydrogen-bond donors (Lipinski definition) is 1. The highest BCUT2D eigenvalue weighted by molar-refractivity contribution is 5.78. The van der Waals surface area contributed by atoms with E-state index in [9.17, 15) is 8.78 Å². The fourth-order valence-electron chi connectivity index (χ4n) is 2.19. The van der Waals surface area contributed by atoms with E-state index in [0.717, 1.165) is 44.5 Å². The predicted octanol–water partition coefficient (Wildman–Crippen LogP) is 5.61. The lowest BCUT2D eigenvalue weighted by atomic mass is 10.1. The van der Waals surface area contributed by atoms with E-state index in [1.807, 2.05) is 33.0 Å². The smallest absolute Gasteiger partial charge is 0.280 e. The Morgan fingerprint density at radius 1 is 1.27 bits per heavy atom. The lowest BCUT2D eigenvalue weighted by Gasteiger charge is -2.24. The van der Waals surface area contributed by atoms with E-state index in [1.165, 1.54) is 0 Å². The van der Waals surface area contributed by atoms with Gasteiger partial charge in [0.1, 0.15) is 0 Å². The normalized spacial score (nSPS) is 12.5. The molecule has 0 aliphatic rings. The first-order valence-electron chi connectivity index (χ1n) is 9.22. The molecule has 1 rings (SSSR count). The summed E-state index contributed by atoms with van der Waals surface area (Å²) in [5.41, 5.74) is 2.26. The molecule has 0 bridgehead atoms. The molecular weight excluding hydrogens is 336 g/mol. The number of halogens is 2. The molecule has 0 saturated carbocycles. The second kappa shape index (κ2) is 12.6. The van der Waals surface area contributed by atoms with Crippen LogP contribution in [-0.4, -0.2) is 46.0 Å². The van der Waals surface area contributed by atoms with Crippen molar-refractivity contribution in [2.45, 2.75) is 47.0 Å². The zero-order chi connectivity index (χ0) is 20.2. The lowest BCUT2D eigenvalue weighted by Crippen LogP contribution is -2.23. The average Bonchev–Trinajstić information content (AvgIpc) is 2.60. The third-order valence-corrected chi connectivity index (χ3v) is 3.80. The van der Waals surface area contributed by atoms with Crippen molar-refractivity contribution >= 4 is 23.3 Å². The summed E-state index contributed by atoms with van der Waals surface area (Å²) in [6, 6.07) is 5.62. The quantitative estimate of drug-likeness (QED) is 0.573. The van der Waals surface area contributed by atoms with Crippen LogP contribution in [-0.2, 0) is 4.74 Å². The summed E-state index contributed by atoms with van der Waals surface area (Å²) in [5, 5.41) is 3.00. The monoisotopic (exact) mass is 371 g/mol. The molecule has 0 heterocycles. The molecule has 0 spiro atoms. The summed E-state index contributed by atoms with van der Waals surface area (Å²) in [4.78, 5) is 6.05. The Morgan fingerprint density at radius 2 is 1.88 bits per heavy atom.